The topological polar surface area (TPSA) is 60.9 Å². The minimum Gasteiger partial charge on any atom is -0.383 e. The second kappa shape index (κ2) is 7.34. The van der Waals surface area contributed by atoms with E-state index in [0.29, 0.717) is 38.9 Å². The molecule has 0 unspecified atom stereocenters. The molecule has 1 atom stereocenters. The number of hydrogen-bond donors (Lipinski definition) is 1. The average Bonchev–Trinajstić information content (AvgIpc) is 2.89. The fourth-order valence-corrected chi connectivity index (χ4v) is 3.65. The molecule has 24 heavy (non-hydrogen) atoms. The van der Waals surface area contributed by atoms with Crippen molar-refractivity contribution in [2.24, 2.45) is 0 Å². The van der Waals surface area contributed by atoms with Crippen LogP contribution in [-0.4, -0.2) is 52.9 Å². The first-order valence-electron chi connectivity index (χ1n) is 8.92. The minimum atomic E-state index is -0.949. The molecule has 0 bridgehead atoms. The molecular weight excluding hydrogens is 304 g/mol. The molecular formula is C19H26N2O3. The largest absolute Gasteiger partial charge is 0.383 e. The van der Waals surface area contributed by atoms with Crippen LogP contribution in [0.15, 0.2) is 30.3 Å². The van der Waals surface area contributed by atoms with Gasteiger partial charge in [0.2, 0.25) is 11.8 Å². The standard InChI is InChI=1S/C19H26N2O3/c22-17-9-5-2-6-12-20(17)13-10-18(23)21-14-11-19(24,15-21)16-7-3-1-4-8-16/h1,3-4,7-8,24H,2,5-6,9-15H2/t19-/m0/s1. The summed E-state index contributed by atoms with van der Waals surface area (Å²) >= 11 is 0. The number of likely N-dealkylation sites (tertiary alicyclic amines) is 2. The molecule has 2 amide bonds. The first kappa shape index (κ1) is 17.0. The molecule has 5 heteroatoms. The smallest absolute Gasteiger partial charge is 0.224 e. The van der Waals surface area contributed by atoms with Gasteiger partial charge in [0.15, 0.2) is 0 Å². The van der Waals surface area contributed by atoms with Gasteiger partial charge in [0.25, 0.3) is 0 Å². The number of carbonyl (C=O) groups is 2. The van der Waals surface area contributed by atoms with Crippen molar-refractivity contribution >= 4 is 11.8 Å². The fourth-order valence-electron chi connectivity index (χ4n) is 3.65. The van der Waals surface area contributed by atoms with Crippen LogP contribution in [0.25, 0.3) is 0 Å². The first-order chi connectivity index (χ1) is 11.6. The Balaban J connectivity index is 1.54. The molecule has 5 nitrogen and oxygen atoms in total. The third-order valence-electron chi connectivity index (χ3n) is 5.18. The van der Waals surface area contributed by atoms with E-state index in [1.54, 1.807) is 4.90 Å². The van der Waals surface area contributed by atoms with Crippen molar-refractivity contribution in [1.82, 2.24) is 9.80 Å². The Bertz CT molecular complexity index is 590. The van der Waals surface area contributed by atoms with Crippen LogP contribution in [0.1, 0.15) is 44.1 Å². The van der Waals surface area contributed by atoms with Crippen LogP contribution in [-0.2, 0) is 15.2 Å². The molecule has 1 aromatic carbocycles. The number of rotatable bonds is 4. The molecule has 130 valence electrons. The van der Waals surface area contributed by atoms with Gasteiger partial charge in [-0.3, -0.25) is 9.59 Å². The van der Waals surface area contributed by atoms with Crippen LogP contribution < -0.4 is 0 Å². The summed E-state index contributed by atoms with van der Waals surface area (Å²) in [5.74, 6) is 0.196. The highest BCUT2D eigenvalue weighted by Gasteiger charge is 2.39. The van der Waals surface area contributed by atoms with E-state index in [9.17, 15) is 14.7 Å². The summed E-state index contributed by atoms with van der Waals surface area (Å²) in [7, 11) is 0. The van der Waals surface area contributed by atoms with Gasteiger partial charge in [-0.25, -0.2) is 0 Å². The van der Waals surface area contributed by atoms with Gasteiger partial charge < -0.3 is 14.9 Å². The molecule has 0 aromatic heterocycles. The lowest BCUT2D eigenvalue weighted by atomic mass is 9.93. The van der Waals surface area contributed by atoms with E-state index in [1.165, 1.54) is 0 Å². The van der Waals surface area contributed by atoms with Crippen molar-refractivity contribution in [1.29, 1.82) is 0 Å². The lowest BCUT2D eigenvalue weighted by Crippen LogP contribution is -2.38. The molecule has 0 radical (unpaired) electrons. The highest BCUT2D eigenvalue weighted by Crippen LogP contribution is 2.32. The predicted molar refractivity (Wildman–Crippen MR) is 91.2 cm³/mol. The summed E-state index contributed by atoms with van der Waals surface area (Å²) in [6.07, 6.45) is 4.58. The highest BCUT2D eigenvalue weighted by molar-refractivity contribution is 5.79. The molecule has 2 heterocycles. The molecule has 0 spiro atoms. The quantitative estimate of drug-likeness (QED) is 0.917. The third kappa shape index (κ3) is 3.78. The molecule has 3 rings (SSSR count). The SMILES string of the molecule is O=C1CCCCCN1CCC(=O)N1CC[C@@](O)(c2ccccc2)C1. The van der Waals surface area contributed by atoms with Crippen LogP contribution in [0, 0.1) is 0 Å². The van der Waals surface area contributed by atoms with Gasteiger partial charge in [-0.2, -0.15) is 0 Å². The van der Waals surface area contributed by atoms with Crippen molar-refractivity contribution < 1.29 is 14.7 Å². The van der Waals surface area contributed by atoms with Gasteiger partial charge in [0.1, 0.15) is 5.60 Å². The van der Waals surface area contributed by atoms with E-state index in [0.717, 1.165) is 31.4 Å². The van der Waals surface area contributed by atoms with E-state index < -0.39 is 5.60 Å². The van der Waals surface area contributed by atoms with Crippen LogP contribution in [0.5, 0.6) is 0 Å². The van der Waals surface area contributed by atoms with Gasteiger partial charge in [0.05, 0.1) is 6.54 Å². The van der Waals surface area contributed by atoms with E-state index in [1.807, 2.05) is 35.2 Å². The van der Waals surface area contributed by atoms with Gasteiger partial charge in [0, 0.05) is 32.5 Å². The van der Waals surface area contributed by atoms with Gasteiger partial charge in [-0.15, -0.1) is 0 Å². The first-order valence-corrected chi connectivity index (χ1v) is 8.92. The lowest BCUT2D eigenvalue weighted by molar-refractivity contribution is -0.134. The van der Waals surface area contributed by atoms with Crippen LogP contribution >= 0.6 is 0 Å². The van der Waals surface area contributed by atoms with Crippen molar-refractivity contribution in [2.45, 2.75) is 44.1 Å². The molecule has 2 aliphatic heterocycles. The Hall–Kier alpha value is -1.88. The summed E-state index contributed by atoms with van der Waals surface area (Å²) in [5.41, 5.74) is -0.0852. The Labute approximate surface area is 143 Å². The van der Waals surface area contributed by atoms with Crippen molar-refractivity contribution in [2.75, 3.05) is 26.2 Å². The monoisotopic (exact) mass is 330 g/mol. The lowest BCUT2D eigenvalue weighted by Gasteiger charge is -2.25. The molecule has 1 aromatic rings. The number of amides is 2. The zero-order valence-electron chi connectivity index (χ0n) is 14.1. The van der Waals surface area contributed by atoms with Gasteiger partial charge in [-0.1, -0.05) is 36.8 Å². The molecule has 2 aliphatic rings. The highest BCUT2D eigenvalue weighted by atomic mass is 16.3. The maximum absolute atomic E-state index is 12.5. The van der Waals surface area contributed by atoms with Crippen molar-refractivity contribution in [3.8, 4) is 0 Å². The molecule has 2 fully saturated rings. The van der Waals surface area contributed by atoms with Gasteiger partial charge in [-0.05, 0) is 24.8 Å². The number of aliphatic hydroxyl groups is 1. The summed E-state index contributed by atoms with van der Waals surface area (Å²) in [6.45, 7) is 2.17. The van der Waals surface area contributed by atoms with Crippen LogP contribution in [0.3, 0.4) is 0 Å². The van der Waals surface area contributed by atoms with E-state index >= 15 is 0 Å². The van der Waals surface area contributed by atoms with Gasteiger partial charge >= 0.3 is 0 Å². The predicted octanol–water partition coefficient (Wildman–Crippen LogP) is 1.90. The molecule has 2 saturated heterocycles. The fraction of sp³-hybridized carbons (Fsp3) is 0.579. The number of β-amino-alcohol motifs (C(OH)–C–C–N with tert-alkyl or cyclic N) is 1. The number of nitrogens with zero attached hydrogens (tertiary/aromatic N) is 2. The summed E-state index contributed by atoms with van der Waals surface area (Å²) in [4.78, 5) is 28.0. The summed E-state index contributed by atoms with van der Waals surface area (Å²) in [5, 5.41) is 10.8. The zero-order valence-corrected chi connectivity index (χ0v) is 14.1. The second-order valence-electron chi connectivity index (χ2n) is 6.90. The minimum absolute atomic E-state index is 0.0268. The summed E-state index contributed by atoms with van der Waals surface area (Å²) in [6, 6.07) is 9.54. The molecule has 0 saturated carbocycles. The number of carbonyl (C=O) groups excluding carboxylic acids is 2. The number of benzene rings is 1. The Morgan fingerprint density at radius 3 is 2.71 bits per heavy atom. The molecule has 1 N–H and O–H groups in total. The van der Waals surface area contributed by atoms with Crippen molar-refractivity contribution in [3.05, 3.63) is 35.9 Å². The molecule has 0 aliphatic carbocycles. The van der Waals surface area contributed by atoms with Crippen LogP contribution in [0.2, 0.25) is 0 Å². The zero-order chi connectivity index (χ0) is 17.0. The second-order valence-corrected chi connectivity index (χ2v) is 6.90. The van der Waals surface area contributed by atoms with E-state index in [4.69, 9.17) is 0 Å². The van der Waals surface area contributed by atoms with E-state index in [2.05, 4.69) is 0 Å². The maximum atomic E-state index is 12.5. The normalized spacial score (nSPS) is 25.0. The maximum Gasteiger partial charge on any atom is 0.224 e. The third-order valence-corrected chi connectivity index (χ3v) is 5.18. The van der Waals surface area contributed by atoms with Crippen molar-refractivity contribution in [3.63, 3.8) is 0 Å². The average molecular weight is 330 g/mol. The van der Waals surface area contributed by atoms with E-state index in [-0.39, 0.29) is 11.8 Å². The Morgan fingerprint density at radius 1 is 1.12 bits per heavy atom. The van der Waals surface area contributed by atoms with Crippen LogP contribution in [0.4, 0.5) is 0 Å². The Kier molecular flexibility index (Phi) is 5.19. The summed E-state index contributed by atoms with van der Waals surface area (Å²) < 4.78 is 0. The number of hydrogen-bond acceptors (Lipinski definition) is 3. The Morgan fingerprint density at radius 2 is 1.92 bits per heavy atom.